The van der Waals surface area contributed by atoms with Gasteiger partial charge in [0.15, 0.2) is 0 Å². The fraction of sp³-hybridized carbons (Fsp3) is 0.565. The fourth-order valence-electron chi connectivity index (χ4n) is 4.75. The van der Waals surface area contributed by atoms with Crippen LogP contribution in [0.25, 0.3) is 0 Å². The van der Waals surface area contributed by atoms with E-state index >= 15 is 0 Å². The number of halogens is 2. The van der Waals surface area contributed by atoms with Crippen molar-refractivity contribution in [2.24, 2.45) is 0 Å². The van der Waals surface area contributed by atoms with Gasteiger partial charge in [-0.1, -0.05) is 35.7 Å². The summed E-state index contributed by atoms with van der Waals surface area (Å²) in [5.41, 5.74) is 3.63. The highest BCUT2D eigenvalue weighted by molar-refractivity contribution is 6.35. The highest BCUT2D eigenvalue weighted by atomic mass is 35.5. The number of hydrogen-bond acceptors (Lipinski definition) is 5. The van der Waals surface area contributed by atoms with E-state index in [9.17, 15) is 0 Å². The molecule has 0 radical (unpaired) electrons. The first-order valence-corrected chi connectivity index (χ1v) is 11.9. The molecule has 0 N–H and O–H groups in total. The van der Waals surface area contributed by atoms with Gasteiger partial charge in [0.25, 0.3) is 0 Å². The molecule has 30 heavy (non-hydrogen) atoms. The summed E-state index contributed by atoms with van der Waals surface area (Å²) in [4.78, 5) is 17.2. The number of piperazine rings is 1. The van der Waals surface area contributed by atoms with Crippen molar-refractivity contribution in [3.8, 4) is 0 Å². The lowest BCUT2D eigenvalue weighted by Gasteiger charge is -2.43. The lowest BCUT2D eigenvalue weighted by molar-refractivity contribution is 0.120. The topological polar surface area (TPSA) is 35.5 Å². The van der Waals surface area contributed by atoms with E-state index in [1.807, 2.05) is 18.2 Å². The number of benzene rings is 1. The van der Waals surface area contributed by atoms with Crippen molar-refractivity contribution in [3.63, 3.8) is 0 Å². The molecule has 0 spiro atoms. The summed E-state index contributed by atoms with van der Waals surface area (Å²) in [7, 11) is 0. The fourth-order valence-corrected chi connectivity index (χ4v) is 5.22. The summed E-state index contributed by atoms with van der Waals surface area (Å²) in [6.07, 6.45) is 8.17. The van der Waals surface area contributed by atoms with E-state index in [1.54, 1.807) is 0 Å². The van der Waals surface area contributed by atoms with Gasteiger partial charge in [-0.3, -0.25) is 9.80 Å². The van der Waals surface area contributed by atoms with Crippen molar-refractivity contribution in [2.45, 2.75) is 44.7 Å². The van der Waals surface area contributed by atoms with Gasteiger partial charge < -0.3 is 4.90 Å². The molecule has 7 heteroatoms. The monoisotopic (exact) mass is 445 g/mol. The Morgan fingerprint density at radius 1 is 0.967 bits per heavy atom. The van der Waals surface area contributed by atoms with Gasteiger partial charge >= 0.3 is 0 Å². The minimum atomic E-state index is 0.684. The molecule has 1 aromatic carbocycles. The highest BCUT2D eigenvalue weighted by Crippen LogP contribution is 2.27. The molecule has 0 atom stereocenters. The van der Waals surface area contributed by atoms with Gasteiger partial charge in [-0.05, 0) is 42.5 Å². The minimum Gasteiger partial charge on any atom is -0.338 e. The summed E-state index contributed by atoms with van der Waals surface area (Å²) in [6.45, 7) is 7.18. The third-order valence-corrected chi connectivity index (χ3v) is 7.49. The number of aromatic nitrogens is 2. The SMILES string of the molecule is Clc1ccc(CN2CCc3cnc(N4CCN(C5CCC5)CC4)nc3CC2)c(Cl)c1. The predicted molar refractivity (Wildman–Crippen MR) is 123 cm³/mol. The van der Waals surface area contributed by atoms with Crippen LogP contribution < -0.4 is 4.90 Å². The zero-order chi connectivity index (χ0) is 20.5. The van der Waals surface area contributed by atoms with Gasteiger partial charge in [0.05, 0.1) is 5.69 Å². The van der Waals surface area contributed by atoms with E-state index in [1.165, 1.54) is 30.5 Å². The summed E-state index contributed by atoms with van der Waals surface area (Å²) in [6, 6.07) is 6.61. The quantitative estimate of drug-likeness (QED) is 0.708. The maximum Gasteiger partial charge on any atom is 0.225 e. The minimum absolute atomic E-state index is 0.684. The molecule has 1 saturated heterocycles. The summed E-state index contributed by atoms with van der Waals surface area (Å²) >= 11 is 12.4. The highest BCUT2D eigenvalue weighted by Gasteiger charge is 2.29. The first-order valence-electron chi connectivity index (χ1n) is 11.2. The van der Waals surface area contributed by atoms with E-state index in [0.717, 1.165) is 81.2 Å². The first-order chi connectivity index (χ1) is 14.7. The van der Waals surface area contributed by atoms with Gasteiger partial charge in [0, 0.05) is 74.5 Å². The first kappa shape index (κ1) is 20.5. The van der Waals surface area contributed by atoms with Crippen molar-refractivity contribution in [1.82, 2.24) is 19.8 Å². The largest absolute Gasteiger partial charge is 0.338 e. The maximum atomic E-state index is 6.39. The van der Waals surface area contributed by atoms with Crippen LogP contribution in [0.2, 0.25) is 10.0 Å². The number of fused-ring (bicyclic) bond motifs is 1. The Balaban J connectivity index is 1.21. The van der Waals surface area contributed by atoms with Crippen LogP contribution in [0.3, 0.4) is 0 Å². The van der Waals surface area contributed by atoms with Crippen molar-refractivity contribution in [3.05, 3.63) is 51.3 Å². The second-order valence-electron chi connectivity index (χ2n) is 8.76. The van der Waals surface area contributed by atoms with Crippen molar-refractivity contribution in [2.75, 3.05) is 44.2 Å². The molecule has 0 amide bonds. The Morgan fingerprint density at radius 2 is 1.77 bits per heavy atom. The molecular formula is C23H29Cl2N5. The molecule has 0 unspecified atom stereocenters. The third kappa shape index (κ3) is 4.45. The molecule has 2 aromatic rings. The number of hydrogen-bond donors (Lipinski definition) is 0. The zero-order valence-electron chi connectivity index (χ0n) is 17.4. The number of anilines is 1. The van der Waals surface area contributed by atoms with Gasteiger partial charge in [0.2, 0.25) is 5.95 Å². The van der Waals surface area contributed by atoms with Crippen LogP contribution in [0.4, 0.5) is 5.95 Å². The van der Waals surface area contributed by atoms with Crippen LogP contribution in [0.1, 0.15) is 36.1 Å². The van der Waals surface area contributed by atoms with E-state index in [4.69, 9.17) is 33.2 Å². The van der Waals surface area contributed by atoms with Crippen molar-refractivity contribution >= 4 is 29.2 Å². The maximum absolute atomic E-state index is 6.39. The van der Waals surface area contributed by atoms with Crippen LogP contribution in [-0.2, 0) is 19.4 Å². The normalized spacial score (nSPS) is 21.2. The molecule has 1 aliphatic carbocycles. The average Bonchev–Trinajstić information content (AvgIpc) is 2.91. The summed E-state index contributed by atoms with van der Waals surface area (Å²) in [5.74, 6) is 0.913. The molecule has 0 bridgehead atoms. The Bertz CT molecular complexity index is 893. The molecular weight excluding hydrogens is 417 g/mol. The summed E-state index contributed by atoms with van der Waals surface area (Å²) < 4.78 is 0. The molecule has 2 fully saturated rings. The van der Waals surface area contributed by atoms with E-state index in [2.05, 4.69) is 20.9 Å². The number of nitrogens with zero attached hydrogens (tertiary/aromatic N) is 5. The van der Waals surface area contributed by atoms with Crippen LogP contribution in [-0.4, -0.2) is 65.1 Å². The number of rotatable bonds is 4. The zero-order valence-corrected chi connectivity index (χ0v) is 18.9. The second-order valence-corrected chi connectivity index (χ2v) is 9.61. The Morgan fingerprint density at radius 3 is 2.50 bits per heavy atom. The van der Waals surface area contributed by atoms with Crippen LogP contribution in [0.15, 0.2) is 24.4 Å². The molecule has 160 valence electrons. The lowest BCUT2D eigenvalue weighted by atomic mass is 9.91. The lowest BCUT2D eigenvalue weighted by Crippen LogP contribution is -2.52. The van der Waals surface area contributed by atoms with Gasteiger partial charge in [-0.15, -0.1) is 0 Å². The van der Waals surface area contributed by atoms with Gasteiger partial charge in [0.1, 0.15) is 0 Å². The standard InChI is InChI=1S/C23H29Cl2N5/c24-19-5-4-18(21(25)14-19)16-28-8-6-17-15-26-23(27-22(17)7-9-28)30-12-10-29(11-13-30)20-2-1-3-20/h4-5,14-15,20H,1-3,6-13,16H2. The molecule has 1 aromatic heterocycles. The molecule has 2 aliphatic heterocycles. The van der Waals surface area contributed by atoms with Crippen LogP contribution in [0, 0.1) is 0 Å². The molecule has 5 rings (SSSR count). The van der Waals surface area contributed by atoms with Crippen LogP contribution in [0.5, 0.6) is 0 Å². The Hall–Kier alpha value is -1.40. The average molecular weight is 446 g/mol. The van der Waals surface area contributed by atoms with E-state index in [-0.39, 0.29) is 0 Å². The molecule has 3 aliphatic rings. The summed E-state index contributed by atoms with van der Waals surface area (Å²) in [5, 5.41) is 1.43. The Labute approximate surface area is 189 Å². The van der Waals surface area contributed by atoms with E-state index < -0.39 is 0 Å². The van der Waals surface area contributed by atoms with E-state index in [0.29, 0.717) is 5.02 Å². The van der Waals surface area contributed by atoms with Crippen molar-refractivity contribution < 1.29 is 0 Å². The van der Waals surface area contributed by atoms with Crippen molar-refractivity contribution in [1.29, 1.82) is 0 Å². The molecule has 3 heterocycles. The van der Waals surface area contributed by atoms with Crippen LogP contribution >= 0.6 is 23.2 Å². The second kappa shape index (κ2) is 8.99. The molecule has 5 nitrogen and oxygen atoms in total. The van der Waals surface area contributed by atoms with Gasteiger partial charge in [-0.2, -0.15) is 0 Å². The Kier molecular flexibility index (Phi) is 6.15. The predicted octanol–water partition coefficient (Wildman–Crippen LogP) is 4.06. The third-order valence-electron chi connectivity index (χ3n) is 6.90. The van der Waals surface area contributed by atoms with Gasteiger partial charge in [-0.25, -0.2) is 9.97 Å². The smallest absolute Gasteiger partial charge is 0.225 e. The molecule has 1 saturated carbocycles.